The number of nitrogens with zero attached hydrogens (tertiary/aromatic N) is 1. The van der Waals surface area contributed by atoms with Gasteiger partial charge in [0.05, 0.1) is 0 Å². The molecule has 0 amide bonds. The summed E-state index contributed by atoms with van der Waals surface area (Å²) >= 11 is 0. The van der Waals surface area contributed by atoms with Gasteiger partial charge in [0.2, 0.25) is 0 Å². The summed E-state index contributed by atoms with van der Waals surface area (Å²) in [6.07, 6.45) is 0. The van der Waals surface area contributed by atoms with Crippen molar-refractivity contribution in [1.82, 2.24) is 5.32 Å². The Kier molecular flexibility index (Phi) is 4.68. The lowest BCUT2D eigenvalue weighted by atomic mass is 10.1. The van der Waals surface area contributed by atoms with Crippen molar-refractivity contribution in [1.29, 1.82) is 0 Å². The second-order valence-electron chi connectivity index (χ2n) is 4.42. The molecule has 0 aliphatic heterocycles. The van der Waals surface area contributed by atoms with Crippen LogP contribution in [0.4, 0.5) is 4.39 Å². The SMILES string of the molecule is NC(=NO)c1ccc(CNCc2cccc(F)c2)cc1. The fourth-order valence-corrected chi connectivity index (χ4v) is 1.85. The summed E-state index contributed by atoms with van der Waals surface area (Å²) in [5.41, 5.74) is 8.12. The van der Waals surface area contributed by atoms with Crippen LogP contribution in [-0.4, -0.2) is 11.0 Å². The summed E-state index contributed by atoms with van der Waals surface area (Å²) in [6.45, 7) is 1.26. The van der Waals surface area contributed by atoms with E-state index in [-0.39, 0.29) is 11.7 Å². The van der Waals surface area contributed by atoms with Crippen LogP contribution in [0.3, 0.4) is 0 Å². The van der Waals surface area contributed by atoms with Crippen molar-refractivity contribution in [2.45, 2.75) is 13.1 Å². The second kappa shape index (κ2) is 6.68. The topological polar surface area (TPSA) is 70.6 Å². The van der Waals surface area contributed by atoms with Crippen molar-refractivity contribution >= 4 is 5.84 Å². The number of oxime groups is 1. The van der Waals surface area contributed by atoms with Crippen LogP contribution in [0.1, 0.15) is 16.7 Å². The van der Waals surface area contributed by atoms with Gasteiger partial charge in [-0.15, -0.1) is 0 Å². The molecule has 0 unspecified atom stereocenters. The molecule has 2 aromatic rings. The van der Waals surface area contributed by atoms with Crippen LogP contribution in [0, 0.1) is 5.82 Å². The molecule has 0 radical (unpaired) electrons. The average Bonchev–Trinajstić information content (AvgIpc) is 2.47. The third kappa shape index (κ3) is 3.80. The Labute approximate surface area is 116 Å². The molecule has 0 aliphatic carbocycles. The highest BCUT2D eigenvalue weighted by atomic mass is 19.1. The van der Waals surface area contributed by atoms with E-state index in [0.717, 1.165) is 11.1 Å². The van der Waals surface area contributed by atoms with Gasteiger partial charge < -0.3 is 16.3 Å². The molecular formula is C15H16FN3O. The lowest BCUT2D eigenvalue weighted by molar-refractivity contribution is 0.318. The van der Waals surface area contributed by atoms with E-state index < -0.39 is 0 Å². The highest BCUT2D eigenvalue weighted by molar-refractivity contribution is 5.96. The zero-order valence-electron chi connectivity index (χ0n) is 10.9. The number of rotatable bonds is 5. The van der Waals surface area contributed by atoms with Gasteiger partial charge in [0.25, 0.3) is 0 Å². The monoisotopic (exact) mass is 273 g/mol. The van der Waals surface area contributed by atoms with Gasteiger partial charge in [0, 0.05) is 18.7 Å². The predicted molar refractivity (Wildman–Crippen MR) is 75.9 cm³/mol. The van der Waals surface area contributed by atoms with E-state index in [2.05, 4.69) is 10.5 Å². The molecule has 0 bridgehead atoms. The Morgan fingerprint density at radius 3 is 2.45 bits per heavy atom. The molecule has 0 atom stereocenters. The van der Waals surface area contributed by atoms with Gasteiger partial charge in [0.1, 0.15) is 5.82 Å². The molecule has 5 heteroatoms. The number of benzene rings is 2. The quantitative estimate of drug-likeness (QED) is 0.338. The summed E-state index contributed by atoms with van der Waals surface area (Å²) in [5.74, 6) is -0.142. The van der Waals surface area contributed by atoms with Gasteiger partial charge in [-0.3, -0.25) is 0 Å². The molecule has 0 saturated carbocycles. The van der Waals surface area contributed by atoms with Gasteiger partial charge >= 0.3 is 0 Å². The fraction of sp³-hybridized carbons (Fsp3) is 0.133. The van der Waals surface area contributed by atoms with Gasteiger partial charge in [-0.05, 0) is 23.3 Å². The van der Waals surface area contributed by atoms with Gasteiger partial charge in [-0.1, -0.05) is 41.6 Å². The van der Waals surface area contributed by atoms with E-state index in [0.29, 0.717) is 18.7 Å². The minimum atomic E-state index is -0.229. The molecule has 0 aromatic heterocycles. The molecule has 0 fully saturated rings. The molecule has 2 aromatic carbocycles. The third-order valence-corrected chi connectivity index (χ3v) is 2.90. The van der Waals surface area contributed by atoms with Crippen molar-refractivity contribution in [2.75, 3.05) is 0 Å². The summed E-state index contributed by atoms with van der Waals surface area (Å²) in [4.78, 5) is 0. The third-order valence-electron chi connectivity index (χ3n) is 2.90. The summed E-state index contributed by atoms with van der Waals surface area (Å²) in [5, 5.41) is 14.7. The van der Waals surface area contributed by atoms with E-state index in [1.165, 1.54) is 12.1 Å². The number of hydrogen-bond donors (Lipinski definition) is 3. The first kappa shape index (κ1) is 14.0. The molecule has 104 valence electrons. The highest BCUT2D eigenvalue weighted by Gasteiger charge is 1.99. The molecular weight excluding hydrogens is 257 g/mol. The Morgan fingerprint density at radius 1 is 1.10 bits per heavy atom. The lowest BCUT2D eigenvalue weighted by Gasteiger charge is -2.06. The average molecular weight is 273 g/mol. The summed E-state index contributed by atoms with van der Waals surface area (Å²) < 4.78 is 13.0. The molecule has 0 saturated heterocycles. The van der Waals surface area contributed by atoms with E-state index >= 15 is 0 Å². The Bertz CT molecular complexity index is 596. The van der Waals surface area contributed by atoms with Gasteiger partial charge in [-0.25, -0.2) is 4.39 Å². The smallest absolute Gasteiger partial charge is 0.170 e. The van der Waals surface area contributed by atoms with Crippen LogP contribution in [0.5, 0.6) is 0 Å². The minimum Gasteiger partial charge on any atom is -0.409 e. The van der Waals surface area contributed by atoms with E-state index in [4.69, 9.17) is 10.9 Å². The maximum Gasteiger partial charge on any atom is 0.170 e. The highest BCUT2D eigenvalue weighted by Crippen LogP contribution is 2.06. The number of halogens is 1. The van der Waals surface area contributed by atoms with Crippen molar-refractivity contribution in [3.05, 3.63) is 71.0 Å². The normalized spacial score (nSPS) is 11.6. The van der Waals surface area contributed by atoms with E-state index in [1.807, 2.05) is 18.2 Å². The largest absolute Gasteiger partial charge is 0.409 e. The summed E-state index contributed by atoms with van der Waals surface area (Å²) in [6, 6.07) is 13.9. The second-order valence-corrected chi connectivity index (χ2v) is 4.42. The molecule has 20 heavy (non-hydrogen) atoms. The Hall–Kier alpha value is -2.40. The first-order valence-electron chi connectivity index (χ1n) is 6.21. The Morgan fingerprint density at radius 2 is 1.80 bits per heavy atom. The van der Waals surface area contributed by atoms with Crippen LogP contribution in [-0.2, 0) is 13.1 Å². The van der Waals surface area contributed by atoms with Crippen LogP contribution >= 0.6 is 0 Å². The molecule has 0 heterocycles. The molecule has 0 aliphatic rings. The van der Waals surface area contributed by atoms with E-state index in [9.17, 15) is 4.39 Å². The van der Waals surface area contributed by atoms with Crippen LogP contribution < -0.4 is 11.1 Å². The maximum absolute atomic E-state index is 13.0. The van der Waals surface area contributed by atoms with Crippen molar-refractivity contribution < 1.29 is 9.60 Å². The Balaban J connectivity index is 1.88. The van der Waals surface area contributed by atoms with Gasteiger partial charge in [-0.2, -0.15) is 0 Å². The van der Waals surface area contributed by atoms with Gasteiger partial charge in [0.15, 0.2) is 5.84 Å². The van der Waals surface area contributed by atoms with Crippen molar-refractivity contribution in [3.8, 4) is 0 Å². The minimum absolute atomic E-state index is 0.0873. The summed E-state index contributed by atoms with van der Waals surface area (Å²) in [7, 11) is 0. The fourth-order valence-electron chi connectivity index (χ4n) is 1.85. The zero-order valence-corrected chi connectivity index (χ0v) is 10.9. The number of hydrogen-bond acceptors (Lipinski definition) is 3. The lowest BCUT2D eigenvalue weighted by Crippen LogP contribution is -2.14. The number of amidine groups is 1. The standard InChI is InChI=1S/C15H16FN3O/c16-14-3-1-2-12(8-14)10-18-9-11-4-6-13(7-5-11)15(17)19-20/h1-8,18,20H,9-10H2,(H2,17,19). The molecule has 4 nitrogen and oxygen atoms in total. The number of nitrogens with one attached hydrogen (secondary N) is 1. The first-order chi connectivity index (χ1) is 9.69. The van der Waals surface area contributed by atoms with E-state index in [1.54, 1.807) is 18.2 Å². The van der Waals surface area contributed by atoms with Crippen LogP contribution in [0.15, 0.2) is 53.7 Å². The van der Waals surface area contributed by atoms with Crippen molar-refractivity contribution in [3.63, 3.8) is 0 Å². The van der Waals surface area contributed by atoms with Crippen molar-refractivity contribution in [2.24, 2.45) is 10.9 Å². The predicted octanol–water partition coefficient (Wildman–Crippen LogP) is 2.21. The molecule has 4 N–H and O–H groups in total. The van der Waals surface area contributed by atoms with Crippen LogP contribution in [0.2, 0.25) is 0 Å². The van der Waals surface area contributed by atoms with Crippen LogP contribution in [0.25, 0.3) is 0 Å². The first-order valence-corrected chi connectivity index (χ1v) is 6.21. The zero-order chi connectivity index (χ0) is 14.4. The maximum atomic E-state index is 13.0. The molecule has 2 rings (SSSR count). The molecule has 0 spiro atoms. The number of nitrogens with two attached hydrogens (primary N) is 1.